The lowest BCUT2D eigenvalue weighted by molar-refractivity contribution is -0.387. The van der Waals surface area contributed by atoms with Crippen LogP contribution in [0.3, 0.4) is 0 Å². The largest absolute Gasteiger partial charge is 0.305 e. The summed E-state index contributed by atoms with van der Waals surface area (Å²) < 4.78 is 26.6. The molecular formula is C10H4ClF2N3O2. The average molecular weight is 272 g/mol. The molecule has 0 aliphatic rings. The van der Waals surface area contributed by atoms with Gasteiger partial charge in [0.1, 0.15) is 5.69 Å². The SMILES string of the molecule is O=[N+]([O-])c1cc(-c2nc(Cl)ncc2F)ccc1F. The Labute approximate surface area is 104 Å². The highest BCUT2D eigenvalue weighted by Gasteiger charge is 2.17. The van der Waals surface area contributed by atoms with Crippen LogP contribution >= 0.6 is 11.6 Å². The number of nitrogens with zero attached hydrogens (tertiary/aromatic N) is 3. The Balaban J connectivity index is 2.61. The lowest BCUT2D eigenvalue weighted by Gasteiger charge is -2.03. The van der Waals surface area contributed by atoms with E-state index in [2.05, 4.69) is 9.97 Å². The molecule has 18 heavy (non-hydrogen) atoms. The summed E-state index contributed by atoms with van der Waals surface area (Å²) in [6.45, 7) is 0. The van der Waals surface area contributed by atoms with Crippen LogP contribution in [0.1, 0.15) is 0 Å². The van der Waals surface area contributed by atoms with E-state index < -0.39 is 22.2 Å². The number of benzene rings is 1. The molecule has 0 radical (unpaired) electrons. The summed E-state index contributed by atoms with van der Waals surface area (Å²) in [5.41, 5.74) is -0.940. The first-order valence-electron chi connectivity index (χ1n) is 4.61. The lowest BCUT2D eigenvalue weighted by Crippen LogP contribution is -1.96. The molecule has 0 saturated heterocycles. The van der Waals surface area contributed by atoms with Gasteiger partial charge in [0.2, 0.25) is 11.1 Å². The molecule has 1 heterocycles. The van der Waals surface area contributed by atoms with Gasteiger partial charge in [-0.15, -0.1) is 0 Å². The van der Waals surface area contributed by atoms with Gasteiger partial charge in [-0.3, -0.25) is 10.1 Å². The maximum Gasteiger partial charge on any atom is 0.305 e. The summed E-state index contributed by atoms with van der Waals surface area (Å²) in [7, 11) is 0. The average Bonchev–Trinajstić information content (AvgIpc) is 2.33. The molecule has 0 amide bonds. The van der Waals surface area contributed by atoms with E-state index in [9.17, 15) is 18.9 Å². The number of halogens is 3. The van der Waals surface area contributed by atoms with Gasteiger partial charge >= 0.3 is 5.69 Å². The quantitative estimate of drug-likeness (QED) is 0.478. The van der Waals surface area contributed by atoms with Crippen LogP contribution < -0.4 is 0 Å². The van der Waals surface area contributed by atoms with E-state index in [0.717, 1.165) is 18.3 Å². The maximum absolute atomic E-state index is 13.4. The van der Waals surface area contributed by atoms with E-state index in [1.165, 1.54) is 6.07 Å². The van der Waals surface area contributed by atoms with Crippen molar-refractivity contribution in [2.24, 2.45) is 0 Å². The molecule has 0 atom stereocenters. The van der Waals surface area contributed by atoms with Gasteiger partial charge < -0.3 is 0 Å². The van der Waals surface area contributed by atoms with E-state index in [-0.39, 0.29) is 16.5 Å². The van der Waals surface area contributed by atoms with Crippen molar-refractivity contribution in [3.63, 3.8) is 0 Å². The summed E-state index contributed by atoms with van der Waals surface area (Å²) in [4.78, 5) is 16.7. The zero-order chi connectivity index (χ0) is 13.3. The molecule has 2 aromatic rings. The summed E-state index contributed by atoms with van der Waals surface area (Å²) >= 11 is 5.50. The van der Waals surface area contributed by atoms with Gasteiger partial charge in [-0.05, 0) is 23.7 Å². The molecule has 1 aromatic carbocycles. The van der Waals surface area contributed by atoms with Crippen LogP contribution in [0.4, 0.5) is 14.5 Å². The first-order valence-corrected chi connectivity index (χ1v) is 4.99. The molecule has 0 aliphatic carbocycles. The Morgan fingerprint density at radius 1 is 1.28 bits per heavy atom. The molecule has 8 heteroatoms. The van der Waals surface area contributed by atoms with Crippen LogP contribution in [0.25, 0.3) is 11.3 Å². The van der Waals surface area contributed by atoms with E-state index in [0.29, 0.717) is 0 Å². The molecule has 0 aliphatic heterocycles. The van der Waals surface area contributed by atoms with Gasteiger partial charge in [-0.1, -0.05) is 0 Å². The summed E-state index contributed by atoms with van der Waals surface area (Å²) in [6, 6.07) is 2.92. The summed E-state index contributed by atoms with van der Waals surface area (Å²) in [5.74, 6) is -1.82. The summed E-state index contributed by atoms with van der Waals surface area (Å²) in [6.07, 6.45) is 0.833. The van der Waals surface area contributed by atoms with Gasteiger partial charge in [0.15, 0.2) is 5.82 Å². The second-order valence-electron chi connectivity index (χ2n) is 3.26. The highest BCUT2D eigenvalue weighted by Crippen LogP contribution is 2.27. The van der Waals surface area contributed by atoms with Gasteiger partial charge in [0, 0.05) is 11.6 Å². The second-order valence-corrected chi connectivity index (χ2v) is 3.60. The molecule has 92 valence electrons. The Morgan fingerprint density at radius 3 is 2.67 bits per heavy atom. The molecular weight excluding hydrogens is 268 g/mol. The third-order valence-electron chi connectivity index (χ3n) is 2.13. The molecule has 0 N–H and O–H groups in total. The lowest BCUT2D eigenvalue weighted by atomic mass is 10.1. The second kappa shape index (κ2) is 4.61. The zero-order valence-corrected chi connectivity index (χ0v) is 9.36. The predicted molar refractivity (Wildman–Crippen MR) is 59.0 cm³/mol. The minimum Gasteiger partial charge on any atom is -0.258 e. The molecule has 2 rings (SSSR count). The van der Waals surface area contributed by atoms with Crippen molar-refractivity contribution in [1.29, 1.82) is 0 Å². The van der Waals surface area contributed by atoms with Gasteiger partial charge in [-0.25, -0.2) is 14.4 Å². The smallest absolute Gasteiger partial charge is 0.258 e. The molecule has 0 fully saturated rings. The molecule has 0 spiro atoms. The number of nitro groups is 1. The van der Waals surface area contributed by atoms with Crippen molar-refractivity contribution in [3.05, 3.63) is 51.4 Å². The van der Waals surface area contributed by atoms with Crippen molar-refractivity contribution in [3.8, 4) is 11.3 Å². The standard InChI is InChI=1S/C10H4ClF2N3O2/c11-10-14-4-7(13)9(15-10)5-1-2-6(12)8(3-5)16(17)18/h1-4H. The number of hydrogen-bond acceptors (Lipinski definition) is 4. The first kappa shape index (κ1) is 12.3. The van der Waals surface area contributed by atoms with Crippen LogP contribution in [-0.2, 0) is 0 Å². The third-order valence-corrected chi connectivity index (χ3v) is 2.31. The zero-order valence-electron chi connectivity index (χ0n) is 8.60. The Hall–Kier alpha value is -2.15. The van der Waals surface area contributed by atoms with Crippen molar-refractivity contribution in [2.75, 3.05) is 0 Å². The van der Waals surface area contributed by atoms with Crippen LogP contribution in [0.5, 0.6) is 0 Å². The number of nitro benzene ring substituents is 1. The molecule has 0 unspecified atom stereocenters. The fraction of sp³-hybridized carbons (Fsp3) is 0. The molecule has 5 nitrogen and oxygen atoms in total. The van der Waals surface area contributed by atoms with Crippen molar-refractivity contribution in [2.45, 2.75) is 0 Å². The van der Waals surface area contributed by atoms with Gasteiger partial charge in [0.05, 0.1) is 11.1 Å². The van der Waals surface area contributed by atoms with Gasteiger partial charge in [-0.2, -0.15) is 4.39 Å². The van der Waals surface area contributed by atoms with E-state index in [1.54, 1.807) is 0 Å². The number of hydrogen-bond donors (Lipinski definition) is 0. The Bertz CT molecular complexity index is 637. The maximum atomic E-state index is 13.4. The molecule has 0 bridgehead atoms. The van der Waals surface area contributed by atoms with Crippen molar-refractivity contribution < 1.29 is 13.7 Å². The van der Waals surface area contributed by atoms with Crippen LogP contribution in [0.2, 0.25) is 5.28 Å². The fourth-order valence-corrected chi connectivity index (χ4v) is 1.48. The highest BCUT2D eigenvalue weighted by molar-refractivity contribution is 6.28. The van der Waals surface area contributed by atoms with E-state index in [4.69, 9.17) is 11.6 Å². The minimum absolute atomic E-state index is 0.0462. The third kappa shape index (κ3) is 2.25. The highest BCUT2D eigenvalue weighted by atomic mass is 35.5. The number of aromatic nitrogens is 2. The van der Waals surface area contributed by atoms with Gasteiger partial charge in [0.25, 0.3) is 0 Å². The van der Waals surface area contributed by atoms with Crippen LogP contribution in [0.15, 0.2) is 24.4 Å². The van der Waals surface area contributed by atoms with Crippen LogP contribution in [0, 0.1) is 21.7 Å². The minimum atomic E-state index is -1.01. The summed E-state index contributed by atoms with van der Waals surface area (Å²) in [5, 5.41) is 10.4. The number of rotatable bonds is 2. The normalized spacial score (nSPS) is 10.4. The van der Waals surface area contributed by atoms with Crippen LogP contribution in [-0.4, -0.2) is 14.9 Å². The molecule has 1 aromatic heterocycles. The van der Waals surface area contributed by atoms with Crippen molar-refractivity contribution in [1.82, 2.24) is 9.97 Å². The van der Waals surface area contributed by atoms with E-state index in [1.807, 2.05) is 0 Å². The Morgan fingerprint density at radius 2 is 2.00 bits per heavy atom. The first-order chi connectivity index (χ1) is 8.49. The Kier molecular flexibility index (Phi) is 3.15. The van der Waals surface area contributed by atoms with E-state index >= 15 is 0 Å². The van der Waals surface area contributed by atoms with Crippen molar-refractivity contribution >= 4 is 17.3 Å². The monoisotopic (exact) mass is 271 g/mol. The fourth-order valence-electron chi connectivity index (χ4n) is 1.35. The topological polar surface area (TPSA) is 68.9 Å². The predicted octanol–water partition coefficient (Wildman–Crippen LogP) is 2.98. The molecule has 0 saturated carbocycles.